The van der Waals surface area contributed by atoms with E-state index in [-0.39, 0.29) is 10.8 Å². The van der Waals surface area contributed by atoms with E-state index in [4.69, 9.17) is 0 Å². The third-order valence-electron chi connectivity index (χ3n) is 2.70. The van der Waals surface area contributed by atoms with Crippen molar-refractivity contribution in [3.8, 4) is 0 Å². The molecule has 1 aromatic rings. The summed E-state index contributed by atoms with van der Waals surface area (Å²) < 4.78 is 75.6. The van der Waals surface area contributed by atoms with E-state index in [1.807, 2.05) is 0 Å². The molecule has 1 N–H and O–H groups in total. The molecular formula is C12H16F4N2O2S. The number of nitrogens with one attached hydrogen (secondary N) is 1. The lowest BCUT2D eigenvalue weighted by molar-refractivity contribution is -0.135. The first-order chi connectivity index (χ1) is 9.61. The summed E-state index contributed by atoms with van der Waals surface area (Å²) in [5.41, 5.74) is 0.459. The third kappa shape index (κ3) is 4.65. The van der Waals surface area contributed by atoms with Crippen molar-refractivity contribution in [3.63, 3.8) is 0 Å². The SMILES string of the molecule is CCN(CC(F)(F)F)S(=O)(=O)c1cc(CNC)ccc1F. The molecule has 0 heterocycles. The Kier molecular flexibility index (Phi) is 5.71. The van der Waals surface area contributed by atoms with Gasteiger partial charge >= 0.3 is 6.18 Å². The Balaban J connectivity index is 3.25. The van der Waals surface area contributed by atoms with Gasteiger partial charge in [-0.25, -0.2) is 12.8 Å². The number of alkyl halides is 3. The van der Waals surface area contributed by atoms with Crippen LogP contribution >= 0.6 is 0 Å². The summed E-state index contributed by atoms with van der Waals surface area (Å²) in [7, 11) is -2.93. The monoisotopic (exact) mass is 328 g/mol. The summed E-state index contributed by atoms with van der Waals surface area (Å²) >= 11 is 0. The van der Waals surface area contributed by atoms with Gasteiger partial charge in [-0.3, -0.25) is 0 Å². The Hall–Kier alpha value is -1.19. The van der Waals surface area contributed by atoms with Crippen molar-refractivity contribution >= 4 is 10.0 Å². The van der Waals surface area contributed by atoms with E-state index in [0.717, 1.165) is 12.1 Å². The Morgan fingerprint density at radius 1 is 1.29 bits per heavy atom. The first-order valence-corrected chi connectivity index (χ1v) is 7.55. The van der Waals surface area contributed by atoms with Crippen LogP contribution in [0.15, 0.2) is 23.1 Å². The molecule has 120 valence electrons. The van der Waals surface area contributed by atoms with Gasteiger partial charge in [0.25, 0.3) is 0 Å². The first-order valence-electron chi connectivity index (χ1n) is 6.11. The predicted octanol–water partition coefficient (Wildman–Crippen LogP) is 2.12. The highest BCUT2D eigenvalue weighted by molar-refractivity contribution is 7.89. The second-order valence-electron chi connectivity index (χ2n) is 4.34. The maximum atomic E-state index is 13.7. The lowest BCUT2D eigenvalue weighted by Gasteiger charge is -2.22. The number of hydrogen-bond donors (Lipinski definition) is 1. The van der Waals surface area contributed by atoms with Gasteiger partial charge in [-0.15, -0.1) is 0 Å². The quantitative estimate of drug-likeness (QED) is 0.814. The van der Waals surface area contributed by atoms with Crippen LogP contribution in [0.4, 0.5) is 17.6 Å². The number of halogens is 4. The van der Waals surface area contributed by atoms with Crippen LogP contribution in [0.3, 0.4) is 0 Å². The van der Waals surface area contributed by atoms with Crippen LogP contribution in [0.2, 0.25) is 0 Å². The molecular weight excluding hydrogens is 312 g/mol. The van der Waals surface area contributed by atoms with E-state index >= 15 is 0 Å². The zero-order valence-electron chi connectivity index (χ0n) is 11.5. The zero-order valence-corrected chi connectivity index (χ0v) is 12.4. The van der Waals surface area contributed by atoms with Crippen molar-refractivity contribution in [1.82, 2.24) is 9.62 Å². The van der Waals surface area contributed by atoms with Crippen molar-refractivity contribution in [1.29, 1.82) is 0 Å². The Bertz CT molecular complexity index is 587. The van der Waals surface area contributed by atoms with Crippen molar-refractivity contribution in [3.05, 3.63) is 29.6 Å². The van der Waals surface area contributed by atoms with Gasteiger partial charge in [-0.05, 0) is 24.7 Å². The van der Waals surface area contributed by atoms with Crippen LogP contribution in [0.25, 0.3) is 0 Å². The molecule has 1 rings (SSSR count). The van der Waals surface area contributed by atoms with E-state index in [9.17, 15) is 26.0 Å². The summed E-state index contributed by atoms with van der Waals surface area (Å²) in [6.07, 6.45) is -4.69. The van der Waals surface area contributed by atoms with Crippen molar-refractivity contribution < 1.29 is 26.0 Å². The fraction of sp³-hybridized carbons (Fsp3) is 0.500. The molecule has 0 aliphatic carbocycles. The molecule has 0 aliphatic heterocycles. The molecule has 0 aromatic heterocycles. The van der Waals surface area contributed by atoms with Gasteiger partial charge in [0.2, 0.25) is 10.0 Å². The topological polar surface area (TPSA) is 49.4 Å². The minimum absolute atomic E-state index is 0.203. The molecule has 0 fully saturated rings. The number of benzene rings is 1. The Morgan fingerprint density at radius 3 is 2.38 bits per heavy atom. The average Bonchev–Trinajstić information content (AvgIpc) is 2.37. The van der Waals surface area contributed by atoms with Gasteiger partial charge in [0, 0.05) is 13.1 Å². The van der Waals surface area contributed by atoms with Gasteiger partial charge in [-0.2, -0.15) is 17.5 Å². The summed E-state index contributed by atoms with van der Waals surface area (Å²) in [6, 6.07) is 3.34. The molecule has 9 heteroatoms. The molecule has 0 atom stereocenters. The Labute approximate surface area is 120 Å². The van der Waals surface area contributed by atoms with Crippen molar-refractivity contribution in [2.75, 3.05) is 20.1 Å². The second kappa shape index (κ2) is 6.71. The fourth-order valence-electron chi connectivity index (χ4n) is 1.77. The Morgan fingerprint density at radius 2 is 1.90 bits per heavy atom. The van der Waals surface area contributed by atoms with Crippen LogP contribution in [0.1, 0.15) is 12.5 Å². The van der Waals surface area contributed by atoms with Crippen LogP contribution in [0, 0.1) is 5.82 Å². The normalized spacial score (nSPS) is 12.9. The standard InChI is InChI=1S/C12H16F4N2O2S/c1-3-18(8-12(14,15)16)21(19,20)11-6-9(7-17-2)4-5-10(11)13/h4-6,17H,3,7-8H2,1-2H3. The number of nitrogens with zero attached hydrogens (tertiary/aromatic N) is 1. The maximum Gasteiger partial charge on any atom is 0.402 e. The third-order valence-corrected chi connectivity index (χ3v) is 4.64. The molecule has 0 aliphatic rings. The number of hydrogen-bond acceptors (Lipinski definition) is 3. The minimum atomic E-state index is -4.69. The lowest BCUT2D eigenvalue weighted by Crippen LogP contribution is -2.39. The second-order valence-corrected chi connectivity index (χ2v) is 6.25. The highest BCUT2D eigenvalue weighted by Gasteiger charge is 2.37. The van der Waals surface area contributed by atoms with Gasteiger partial charge in [0.1, 0.15) is 17.3 Å². The predicted molar refractivity (Wildman–Crippen MR) is 69.7 cm³/mol. The van der Waals surface area contributed by atoms with Gasteiger partial charge in [-0.1, -0.05) is 13.0 Å². The van der Waals surface area contributed by atoms with E-state index in [2.05, 4.69) is 5.32 Å². The maximum absolute atomic E-state index is 13.7. The minimum Gasteiger partial charge on any atom is -0.316 e. The molecule has 4 nitrogen and oxygen atoms in total. The molecule has 0 radical (unpaired) electrons. The molecule has 0 unspecified atom stereocenters. The molecule has 21 heavy (non-hydrogen) atoms. The van der Waals surface area contributed by atoms with Crippen LogP contribution in [-0.4, -0.2) is 39.0 Å². The number of rotatable bonds is 6. The lowest BCUT2D eigenvalue weighted by atomic mass is 10.2. The smallest absolute Gasteiger partial charge is 0.316 e. The molecule has 0 saturated carbocycles. The van der Waals surface area contributed by atoms with E-state index in [1.54, 1.807) is 7.05 Å². The molecule has 0 bridgehead atoms. The number of sulfonamides is 1. The highest BCUT2D eigenvalue weighted by atomic mass is 32.2. The van der Waals surface area contributed by atoms with Crippen molar-refractivity contribution in [2.24, 2.45) is 0 Å². The fourth-order valence-corrected chi connectivity index (χ4v) is 3.31. The van der Waals surface area contributed by atoms with Gasteiger partial charge < -0.3 is 5.32 Å². The van der Waals surface area contributed by atoms with Crippen molar-refractivity contribution in [2.45, 2.75) is 24.5 Å². The largest absolute Gasteiger partial charge is 0.402 e. The summed E-state index contributed by atoms with van der Waals surface area (Å²) in [4.78, 5) is -0.749. The van der Waals surface area contributed by atoms with Crippen LogP contribution in [-0.2, 0) is 16.6 Å². The summed E-state index contributed by atoms with van der Waals surface area (Å²) in [5.74, 6) is -1.07. The zero-order chi connectivity index (χ0) is 16.3. The van der Waals surface area contributed by atoms with Crippen LogP contribution in [0.5, 0.6) is 0 Å². The molecule has 0 amide bonds. The molecule has 0 spiro atoms. The molecule has 0 saturated heterocycles. The van der Waals surface area contributed by atoms with Crippen LogP contribution < -0.4 is 5.32 Å². The summed E-state index contributed by atoms with van der Waals surface area (Å²) in [5, 5.41) is 2.75. The molecule has 1 aromatic carbocycles. The van der Waals surface area contributed by atoms with E-state index in [0.29, 0.717) is 5.56 Å². The average molecular weight is 328 g/mol. The van der Waals surface area contributed by atoms with E-state index in [1.165, 1.54) is 13.0 Å². The highest BCUT2D eigenvalue weighted by Crippen LogP contribution is 2.25. The summed E-state index contributed by atoms with van der Waals surface area (Å²) in [6.45, 7) is -0.522. The first kappa shape index (κ1) is 17.9. The van der Waals surface area contributed by atoms with Gasteiger partial charge in [0.05, 0.1) is 0 Å². The van der Waals surface area contributed by atoms with E-state index < -0.39 is 40.0 Å². The van der Waals surface area contributed by atoms with Gasteiger partial charge in [0.15, 0.2) is 0 Å².